The Bertz CT molecular complexity index is 771. The van der Waals surface area contributed by atoms with E-state index in [1.54, 1.807) is 19.9 Å². The van der Waals surface area contributed by atoms with Gasteiger partial charge in [-0.3, -0.25) is 14.2 Å². The lowest BCUT2D eigenvalue weighted by Gasteiger charge is -2.14. The molecule has 0 atom stereocenters. The normalized spacial score (nSPS) is 10.3. The van der Waals surface area contributed by atoms with E-state index < -0.39 is 11.5 Å². The maximum Gasteiger partial charge on any atom is 0.326 e. The third kappa shape index (κ3) is 3.41. The molecule has 0 fully saturated rings. The average molecular weight is 296 g/mol. The molecule has 0 amide bonds. The van der Waals surface area contributed by atoms with E-state index in [9.17, 15) is 9.59 Å². The number of carbonyl (C=O) groups excluding carboxylic acids is 1. The van der Waals surface area contributed by atoms with Crippen molar-refractivity contribution in [2.24, 2.45) is 0 Å². The van der Waals surface area contributed by atoms with Crippen LogP contribution in [0.4, 0.5) is 0 Å². The number of hydrogen-bond donors (Lipinski definition) is 0. The maximum absolute atomic E-state index is 12.3. The van der Waals surface area contributed by atoms with E-state index in [1.165, 1.54) is 10.6 Å². The zero-order chi connectivity index (χ0) is 16.1. The van der Waals surface area contributed by atoms with Gasteiger partial charge in [0.05, 0.1) is 11.8 Å². The summed E-state index contributed by atoms with van der Waals surface area (Å²) >= 11 is 0. The lowest BCUT2D eigenvalue weighted by atomic mass is 10.1. The van der Waals surface area contributed by atoms with Crippen LogP contribution in [0.25, 0.3) is 11.3 Å². The van der Waals surface area contributed by atoms with Gasteiger partial charge in [-0.25, -0.2) is 0 Å². The number of benzene rings is 1. The fourth-order valence-corrected chi connectivity index (χ4v) is 2.11. The first-order valence-electron chi connectivity index (χ1n) is 6.91. The molecular weight excluding hydrogens is 280 g/mol. The summed E-state index contributed by atoms with van der Waals surface area (Å²) in [5.41, 5.74) is 0.869. The highest BCUT2D eigenvalue weighted by Crippen LogP contribution is 2.18. The molecule has 0 saturated heterocycles. The van der Waals surface area contributed by atoms with Crippen LogP contribution in [0.5, 0.6) is 0 Å². The van der Waals surface area contributed by atoms with Crippen molar-refractivity contribution in [2.45, 2.75) is 26.5 Å². The molecule has 0 saturated carbocycles. The number of ether oxygens (including phenoxy) is 1. The Balaban J connectivity index is 2.51. The van der Waals surface area contributed by atoms with Crippen molar-refractivity contribution < 1.29 is 9.53 Å². The fourth-order valence-electron chi connectivity index (χ4n) is 2.11. The van der Waals surface area contributed by atoms with Crippen molar-refractivity contribution in [1.29, 1.82) is 5.26 Å². The molecule has 0 aliphatic carbocycles. The molecule has 112 valence electrons. The van der Waals surface area contributed by atoms with Crippen LogP contribution in [-0.4, -0.2) is 16.6 Å². The number of nitriles is 1. The van der Waals surface area contributed by atoms with Gasteiger partial charge in [-0.1, -0.05) is 30.3 Å². The molecule has 0 unspecified atom stereocenters. The topological polar surface area (TPSA) is 72.1 Å². The standard InChI is InChI=1S/C17H16N2O3/c1-12(2)22-16(20)11-19-15(13-6-4-3-5-7-13)9-8-14(10-18)17(19)21/h3-9,12H,11H2,1-2H3. The van der Waals surface area contributed by atoms with Crippen LogP contribution in [0.3, 0.4) is 0 Å². The van der Waals surface area contributed by atoms with Crippen LogP contribution in [0.2, 0.25) is 0 Å². The van der Waals surface area contributed by atoms with E-state index in [-0.39, 0.29) is 18.2 Å². The van der Waals surface area contributed by atoms with E-state index in [2.05, 4.69) is 0 Å². The van der Waals surface area contributed by atoms with E-state index in [4.69, 9.17) is 10.00 Å². The van der Waals surface area contributed by atoms with Crippen LogP contribution in [0, 0.1) is 11.3 Å². The maximum atomic E-state index is 12.3. The third-order valence-electron chi connectivity index (χ3n) is 3.02. The highest BCUT2D eigenvalue weighted by Gasteiger charge is 2.15. The summed E-state index contributed by atoms with van der Waals surface area (Å²) in [5.74, 6) is -0.510. The number of nitrogens with zero attached hydrogens (tertiary/aromatic N) is 2. The predicted molar refractivity (Wildman–Crippen MR) is 82.1 cm³/mol. The highest BCUT2D eigenvalue weighted by atomic mass is 16.5. The summed E-state index contributed by atoms with van der Waals surface area (Å²) in [4.78, 5) is 24.2. The molecule has 5 heteroatoms. The van der Waals surface area contributed by atoms with E-state index >= 15 is 0 Å². The first-order chi connectivity index (χ1) is 10.5. The van der Waals surface area contributed by atoms with E-state index in [0.29, 0.717) is 5.69 Å². The number of hydrogen-bond acceptors (Lipinski definition) is 4. The molecule has 22 heavy (non-hydrogen) atoms. The molecule has 2 aromatic rings. The van der Waals surface area contributed by atoms with Crippen LogP contribution in [0.1, 0.15) is 19.4 Å². The summed E-state index contributed by atoms with van der Waals surface area (Å²) < 4.78 is 6.37. The van der Waals surface area contributed by atoms with Crippen LogP contribution in [-0.2, 0) is 16.1 Å². The Morgan fingerprint density at radius 1 is 1.23 bits per heavy atom. The number of esters is 1. The predicted octanol–water partition coefficient (Wildman–Crippen LogP) is 2.34. The number of aromatic nitrogens is 1. The molecule has 0 N–H and O–H groups in total. The molecule has 0 aliphatic rings. The second-order valence-electron chi connectivity index (χ2n) is 5.04. The Morgan fingerprint density at radius 3 is 2.50 bits per heavy atom. The summed E-state index contributed by atoms with van der Waals surface area (Å²) in [5, 5.41) is 9.00. The van der Waals surface area contributed by atoms with Gasteiger partial charge in [0.25, 0.3) is 5.56 Å². The van der Waals surface area contributed by atoms with Crippen molar-refractivity contribution in [3.05, 3.63) is 58.4 Å². The number of carbonyl (C=O) groups is 1. The van der Waals surface area contributed by atoms with Crippen molar-refractivity contribution in [2.75, 3.05) is 0 Å². The van der Waals surface area contributed by atoms with Crippen molar-refractivity contribution >= 4 is 5.97 Å². The molecule has 1 heterocycles. The third-order valence-corrected chi connectivity index (χ3v) is 3.02. The molecule has 0 spiro atoms. The monoisotopic (exact) mass is 296 g/mol. The second-order valence-corrected chi connectivity index (χ2v) is 5.04. The van der Waals surface area contributed by atoms with Crippen LogP contribution < -0.4 is 5.56 Å². The van der Waals surface area contributed by atoms with Gasteiger partial charge in [-0.15, -0.1) is 0 Å². The Kier molecular flexibility index (Phi) is 4.74. The summed E-state index contributed by atoms with van der Waals surface area (Å²) in [7, 11) is 0. The van der Waals surface area contributed by atoms with Gasteiger partial charge in [0.2, 0.25) is 0 Å². The SMILES string of the molecule is CC(C)OC(=O)Cn1c(-c2ccccc2)ccc(C#N)c1=O. The lowest BCUT2D eigenvalue weighted by Crippen LogP contribution is -2.29. The quantitative estimate of drug-likeness (QED) is 0.812. The molecule has 1 aromatic carbocycles. The van der Waals surface area contributed by atoms with Gasteiger partial charge in [-0.05, 0) is 31.5 Å². The molecule has 0 radical (unpaired) electrons. The van der Waals surface area contributed by atoms with Crippen molar-refractivity contribution in [3.63, 3.8) is 0 Å². The second kappa shape index (κ2) is 6.72. The molecular formula is C17H16N2O3. The van der Waals surface area contributed by atoms with Crippen molar-refractivity contribution in [3.8, 4) is 17.3 Å². The minimum absolute atomic E-state index is 0.00275. The van der Waals surface area contributed by atoms with E-state index in [0.717, 1.165) is 5.56 Å². The van der Waals surface area contributed by atoms with Gasteiger partial charge in [-0.2, -0.15) is 5.26 Å². The van der Waals surface area contributed by atoms with E-state index in [1.807, 2.05) is 36.4 Å². The molecule has 0 aliphatic heterocycles. The minimum atomic E-state index is -0.510. The molecule has 0 bridgehead atoms. The zero-order valence-corrected chi connectivity index (χ0v) is 12.4. The molecule has 5 nitrogen and oxygen atoms in total. The van der Waals surface area contributed by atoms with Gasteiger partial charge >= 0.3 is 5.97 Å². The lowest BCUT2D eigenvalue weighted by molar-refractivity contribution is -0.148. The summed E-state index contributed by atoms with van der Waals surface area (Å²) in [6, 6.07) is 14.2. The van der Waals surface area contributed by atoms with Gasteiger partial charge < -0.3 is 4.74 Å². The Morgan fingerprint density at radius 2 is 1.91 bits per heavy atom. The smallest absolute Gasteiger partial charge is 0.326 e. The van der Waals surface area contributed by atoms with Gasteiger partial charge in [0.1, 0.15) is 18.2 Å². The van der Waals surface area contributed by atoms with Crippen LogP contribution in [0.15, 0.2) is 47.3 Å². The zero-order valence-electron chi connectivity index (χ0n) is 12.4. The summed E-state index contributed by atoms with van der Waals surface area (Å²) in [6.45, 7) is 3.26. The first kappa shape index (κ1) is 15.5. The molecule has 2 rings (SSSR count). The van der Waals surface area contributed by atoms with Gasteiger partial charge in [0.15, 0.2) is 0 Å². The molecule has 1 aromatic heterocycles. The number of pyridine rings is 1. The number of rotatable bonds is 4. The average Bonchev–Trinajstić information content (AvgIpc) is 2.49. The van der Waals surface area contributed by atoms with Crippen LogP contribution >= 0.6 is 0 Å². The summed E-state index contributed by atoms with van der Waals surface area (Å²) in [6.07, 6.45) is -0.262. The first-order valence-corrected chi connectivity index (χ1v) is 6.91. The minimum Gasteiger partial charge on any atom is -0.462 e. The van der Waals surface area contributed by atoms with Crippen molar-refractivity contribution in [1.82, 2.24) is 4.57 Å². The fraction of sp³-hybridized carbons (Fsp3) is 0.235. The highest BCUT2D eigenvalue weighted by molar-refractivity contribution is 5.71. The largest absolute Gasteiger partial charge is 0.462 e. The Hall–Kier alpha value is -2.87. The Labute approximate surface area is 128 Å². The van der Waals surface area contributed by atoms with Gasteiger partial charge in [0, 0.05) is 0 Å².